The molecule has 0 atom stereocenters. The summed E-state index contributed by atoms with van der Waals surface area (Å²) in [5.74, 6) is -0.665. The Bertz CT molecular complexity index is 1430. The van der Waals surface area contributed by atoms with Crippen LogP contribution in [-0.4, -0.2) is 23.5 Å². The van der Waals surface area contributed by atoms with Crippen LogP contribution < -0.4 is 4.74 Å². The lowest BCUT2D eigenvalue weighted by Gasteiger charge is -2.11. The molecule has 0 aliphatic heterocycles. The van der Waals surface area contributed by atoms with Crippen LogP contribution >= 0.6 is 15.9 Å². The van der Waals surface area contributed by atoms with Crippen LogP contribution in [0.1, 0.15) is 11.3 Å². The fraction of sp³-hybridized carbons (Fsp3) is 0.0870. The minimum Gasteiger partial charge on any atom is -0.481 e. The Morgan fingerprint density at radius 1 is 1.03 bits per heavy atom. The van der Waals surface area contributed by atoms with E-state index in [1.807, 2.05) is 12.1 Å². The number of nitrogens with zero attached hydrogens (tertiary/aromatic N) is 1. The van der Waals surface area contributed by atoms with Crippen molar-refractivity contribution in [3.05, 3.63) is 88.3 Å². The quantitative estimate of drug-likeness (QED) is 0.364. The van der Waals surface area contributed by atoms with Gasteiger partial charge in [-0.3, -0.25) is 4.79 Å². The molecule has 164 valence electrons. The third-order valence-corrected chi connectivity index (χ3v) is 7.33. The highest BCUT2D eigenvalue weighted by atomic mass is 79.9. The lowest BCUT2D eigenvalue weighted by atomic mass is 10.1. The molecule has 0 fully saturated rings. The zero-order valence-electron chi connectivity index (χ0n) is 16.7. The summed E-state index contributed by atoms with van der Waals surface area (Å²) in [5.41, 5.74) is 0.698. The topological polar surface area (TPSA) is 85.6 Å². The summed E-state index contributed by atoms with van der Waals surface area (Å²) in [6.45, 7) is 1.51. The number of benzene rings is 3. The van der Waals surface area contributed by atoms with Crippen molar-refractivity contribution in [2.24, 2.45) is 0 Å². The van der Waals surface area contributed by atoms with E-state index in [1.54, 1.807) is 12.1 Å². The van der Waals surface area contributed by atoms with Gasteiger partial charge in [0, 0.05) is 15.6 Å². The molecule has 0 unspecified atom stereocenters. The first-order chi connectivity index (χ1) is 15.2. The van der Waals surface area contributed by atoms with Crippen LogP contribution in [0.5, 0.6) is 11.5 Å². The van der Waals surface area contributed by atoms with Crippen molar-refractivity contribution in [3.63, 3.8) is 0 Å². The van der Waals surface area contributed by atoms with Crippen molar-refractivity contribution < 1.29 is 27.4 Å². The fourth-order valence-electron chi connectivity index (χ4n) is 3.53. The molecule has 0 aliphatic rings. The van der Waals surface area contributed by atoms with E-state index in [2.05, 4.69) is 15.9 Å². The van der Waals surface area contributed by atoms with Crippen LogP contribution in [0.25, 0.3) is 10.9 Å². The van der Waals surface area contributed by atoms with Crippen LogP contribution in [0, 0.1) is 12.7 Å². The first-order valence-corrected chi connectivity index (χ1v) is 11.7. The van der Waals surface area contributed by atoms with Crippen LogP contribution in [0.3, 0.4) is 0 Å². The SMILES string of the molecule is Cc1c(CC(=O)O)c2cc(F)ccc2n1S(=O)(=O)c1ccc(Oc2ccc(Br)cc2)cc1. The number of ether oxygens (including phenoxy) is 1. The van der Waals surface area contributed by atoms with E-state index in [0.717, 1.165) is 20.6 Å². The number of hydrogen-bond acceptors (Lipinski definition) is 4. The van der Waals surface area contributed by atoms with Gasteiger partial charge in [-0.05, 0) is 79.2 Å². The smallest absolute Gasteiger partial charge is 0.307 e. The molecule has 1 aromatic heterocycles. The van der Waals surface area contributed by atoms with E-state index >= 15 is 0 Å². The number of halogens is 2. The molecule has 3 aromatic carbocycles. The molecule has 6 nitrogen and oxygen atoms in total. The number of aromatic nitrogens is 1. The van der Waals surface area contributed by atoms with Crippen molar-refractivity contribution in [2.75, 3.05) is 0 Å². The number of aliphatic carboxylic acids is 1. The second kappa shape index (κ2) is 8.40. The molecule has 4 rings (SSSR count). The first kappa shape index (κ1) is 22.0. The van der Waals surface area contributed by atoms with Gasteiger partial charge >= 0.3 is 5.97 Å². The largest absolute Gasteiger partial charge is 0.481 e. The van der Waals surface area contributed by atoms with E-state index in [-0.39, 0.29) is 27.1 Å². The molecule has 0 radical (unpaired) electrons. The van der Waals surface area contributed by atoms with Crippen LogP contribution in [0.15, 0.2) is 76.1 Å². The molecule has 0 saturated carbocycles. The summed E-state index contributed by atoms with van der Waals surface area (Å²) in [5, 5.41) is 9.50. The number of carboxylic acids is 1. The minimum atomic E-state index is -4.08. The highest BCUT2D eigenvalue weighted by Gasteiger charge is 2.26. The van der Waals surface area contributed by atoms with E-state index in [1.165, 1.54) is 37.3 Å². The number of rotatable bonds is 6. The van der Waals surface area contributed by atoms with Crippen molar-refractivity contribution in [3.8, 4) is 11.5 Å². The number of carboxylic acid groups (broad SMARTS) is 1. The Labute approximate surface area is 192 Å². The monoisotopic (exact) mass is 517 g/mol. The lowest BCUT2D eigenvalue weighted by molar-refractivity contribution is -0.136. The van der Waals surface area contributed by atoms with E-state index in [0.29, 0.717) is 11.5 Å². The van der Waals surface area contributed by atoms with Gasteiger partial charge in [0.05, 0.1) is 16.8 Å². The minimum absolute atomic E-state index is 0.00754. The Kier molecular flexibility index (Phi) is 5.79. The van der Waals surface area contributed by atoms with Gasteiger partial charge in [-0.2, -0.15) is 0 Å². The molecule has 0 saturated heterocycles. The molecule has 4 aromatic rings. The summed E-state index contributed by atoms with van der Waals surface area (Å²) in [6, 6.07) is 16.7. The molecule has 9 heteroatoms. The van der Waals surface area contributed by atoms with Gasteiger partial charge in [-0.1, -0.05) is 15.9 Å². The second-order valence-electron chi connectivity index (χ2n) is 7.09. The van der Waals surface area contributed by atoms with E-state index < -0.39 is 28.2 Å². The summed E-state index contributed by atoms with van der Waals surface area (Å²) in [6.07, 6.45) is -0.422. The molecule has 32 heavy (non-hydrogen) atoms. The Morgan fingerprint density at radius 3 is 2.22 bits per heavy atom. The van der Waals surface area contributed by atoms with E-state index in [9.17, 15) is 22.7 Å². The van der Waals surface area contributed by atoms with Gasteiger partial charge in [-0.15, -0.1) is 0 Å². The zero-order valence-corrected chi connectivity index (χ0v) is 19.2. The third-order valence-electron chi connectivity index (χ3n) is 4.98. The molecular formula is C23H17BrFNO5S. The van der Waals surface area contributed by atoms with Gasteiger partial charge in [-0.25, -0.2) is 16.8 Å². The van der Waals surface area contributed by atoms with Crippen LogP contribution in [0.4, 0.5) is 4.39 Å². The molecule has 0 aliphatic carbocycles. The maximum Gasteiger partial charge on any atom is 0.307 e. The summed E-state index contributed by atoms with van der Waals surface area (Å²) >= 11 is 3.35. The Balaban J connectivity index is 1.75. The lowest BCUT2D eigenvalue weighted by Crippen LogP contribution is -2.15. The molecule has 0 spiro atoms. The Morgan fingerprint density at radius 2 is 1.62 bits per heavy atom. The predicted molar refractivity (Wildman–Crippen MR) is 121 cm³/mol. The van der Waals surface area contributed by atoms with Gasteiger partial charge in [0.1, 0.15) is 17.3 Å². The standard InChI is InChI=1S/C23H17BrFNO5S/c1-14-20(13-23(27)28)21-12-16(25)4-11-22(21)26(14)32(29,30)19-9-7-18(8-10-19)31-17-5-2-15(24)3-6-17/h2-12H,13H2,1H3,(H,27,28). The molecule has 0 amide bonds. The fourth-order valence-corrected chi connectivity index (χ4v) is 5.38. The predicted octanol–water partition coefficient (Wildman–Crippen LogP) is 5.51. The van der Waals surface area contributed by atoms with Crippen molar-refractivity contribution in [1.29, 1.82) is 0 Å². The molecule has 1 N–H and O–H groups in total. The summed E-state index contributed by atoms with van der Waals surface area (Å²) in [4.78, 5) is 11.3. The first-order valence-electron chi connectivity index (χ1n) is 9.47. The zero-order chi connectivity index (χ0) is 23.0. The van der Waals surface area contributed by atoms with Crippen LogP contribution in [0.2, 0.25) is 0 Å². The maximum absolute atomic E-state index is 13.8. The van der Waals surface area contributed by atoms with Gasteiger partial charge in [0.15, 0.2) is 0 Å². The number of fused-ring (bicyclic) bond motifs is 1. The van der Waals surface area contributed by atoms with Crippen molar-refractivity contribution in [1.82, 2.24) is 3.97 Å². The van der Waals surface area contributed by atoms with Crippen LogP contribution in [-0.2, 0) is 21.2 Å². The third kappa shape index (κ3) is 4.13. The highest BCUT2D eigenvalue weighted by Crippen LogP contribution is 2.32. The average molecular weight is 518 g/mol. The number of hydrogen-bond donors (Lipinski definition) is 1. The molecule has 0 bridgehead atoms. The highest BCUT2D eigenvalue weighted by molar-refractivity contribution is 9.10. The summed E-state index contributed by atoms with van der Waals surface area (Å²) in [7, 11) is -4.08. The van der Waals surface area contributed by atoms with Gasteiger partial charge in [0.2, 0.25) is 0 Å². The van der Waals surface area contributed by atoms with E-state index in [4.69, 9.17) is 4.74 Å². The normalized spacial score (nSPS) is 11.6. The second-order valence-corrected chi connectivity index (χ2v) is 9.80. The maximum atomic E-state index is 13.8. The molecular weight excluding hydrogens is 501 g/mol. The number of carbonyl (C=O) groups is 1. The van der Waals surface area contributed by atoms with Crippen molar-refractivity contribution in [2.45, 2.75) is 18.2 Å². The van der Waals surface area contributed by atoms with Gasteiger partial charge in [0.25, 0.3) is 10.0 Å². The summed E-state index contributed by atoms with van der Waals surface area (Å²) < 4.78 is 48.4. The van der Waals surface area contributed by atoms with Crippen molar-refractivity contribution >= 4 is 42.8 Å². The Hall–Kier alpha value is -3.17. The molecule has 1 heterocycles. The van der Waals surface area contributed by atoms with Gasteiger partial charge < -0.3 is 9.84 Å². The average Bonchev–Trinajstić information content (AvgIpc) is 3.01.